The molecule has 2 unspecified atom stereocenters. The quantitative estimate of drug-likeness (QED) is 0.667. The van der Waals surface area contributed by atoms with Crippen LogP contribution in [0.15, 0.2) is 0 Å². The van der Waals surface area contributed by atoms with Crippen LogP contribution >= 0.6 is 0 Å². The summed E-state index contributed by atoms with van der Waals surface area (Å²) in [4.78, 5) is 2.29. The van der Waals surface area contributed by atoms with E-state index in [1.807, 2.05) is 14.0 Å². The minimum absolute atomic E-state index is 0.162. The van der Waals surface area contributed by atoms with E-state index in [9.17, 15) is 5.11 Å². The molecule has 4 nitrogen and oxygen atoms in total. The summed E-state index contributed by atoms with van der Waals surface area (Å²) >= 11 is 0. The number of ether oxygens (including phenoxy) is 1. The molecule has 0 radical (unpaired) electrons. The van der Waals surface area contributed by atoms with Gasteiger partial charge in [0.2, 0.25) is 0 Å². The molecule has 0 spiro atoms. The van der Waals surface area contributed by atoms with E-state index < -0.39 is 0 Å². The topological polar surface area (TPSA) is 44.7 Å². The minimum Gasteiger partial charge on any atom is -0.394 e. The Kier molecular flexibility index (Phi) is 5.69. The van der Waals surface area contributed by atoms with E-state index in [2.05, 4.69) is 17.3 Å². The Morgan fingerprint density at radius 1 is 1.56 bits per heavy atom. The zero-order valence-corrected chi connectivity index (χ0v) is 10.8. The van der Waals surface area contributed by atoms with Crippen LogP contribution in [-0.4, -0.2) is 62.0 Å². The lowest BCUT2D eigenvalue weighted by molar-refractivity contribution is 0.0758. The molecule has 1 heterocycles. The third kappa shape index (κ3) is 4.37. The van der Waals surface area contributed by atoms with Crippen LogP contribution in [-0.2, 0) is 4.74 Å². The third-order valence-corrected chi connectivity index (χ3v) is 3.54. The lowest BCUT2D eigenvalue weighted by atomic mass is 9.99. The minimum atomic E-state index is -0.162. The molecule has 0 aromatic rings. The first-order valence-electron chi connectivity index (χ1n) is 6.19. The molecule has 0 aromatic heterocycles. The molecule has 0 saturated carbocycles. The Balaban J connectivity index is 2.20. The number of aliphatic hydroxyl groups is 1. The standard InChI is InChI=1S/C12H26N2O2/c1-12(10-15,13-2)6-7-14(3)9-11-5-4-8-16-11/h11,13,15H,4-10H2,1-3H3. The van der Waals surface area contributed by atoms with Crippen molar-refractivity contribution < 1.29 is 9.84 Å². The van der Waals surface area contributed by atoms with Crippen molar-refractivity contribution in [2.24, 2.45) is 0 Å². The maximum absolute atomic E-state index is 9.28. The monoisotopic (exact) mass is 230 g/mol. The number of nitrogens with zero attached hydrogens (tertiary/aromatic N) is 1. The number of hydrogen-bond donors (Lipinski definition) is 2. The van der Waals surface area contributed by atoms with Gasteiger partial charge in [-0.05, 0) is 46.8 Å². The van der Waals surface area contributed by atoms with Crippen LogP contribution in [0.3, 0.4) is 0 Å². The van der Waals surface area contributed by atoms with Gasteiger partial charge in [-0.15, -0.1) is 0 Å². The molecule has 16 heavy (non-hydrogen) atoms. The van der Waals surface area contributed by atoms with Gasteiger partial charge in [-0.2, -0.15) is 0 Å². The average molecular weight is 230 g/mol. The Morgan fingerprint density at radius 2 is 2.31 bits per heavy atom. The maximum Gasteiger partial charge on any atom is 0.0702 e. The molecule has 4 heteroatoms. The summed E-state index contributed by atoms with van der Waals surface area (Å²) in [6.45, 7) is 5.14. The van der Waals surface area contributed by atoms with Crippen molar-refractivity contribution >= 4 is 0 Å². The molecular formula is C12H26N2O2. The van der Waals surface area contributed by atoms with Crippen molar-refractivity contribution in [2.75, 3.05) is 40.4 Å². The fraction of sp³-hybridized carbons (Fsp3) is 1.00. The Bertz CT molecular complexity index is 189. The number of rotatable bonds is 7. The largest absolute Gasteiger partial charge is 0.394 e. The van der Waals surface area contributed by atoms with Crippen LogP contribution in [0.1, 0.15) is 26.2 Å². The molecule has 2 N–H and O–H groups in total. The number of hydrogen-bond acceptors (Lipinski definition) is 4. The van der Waals surface area contributed by atoms with Gasteiger partial charge in [0.1, 0.15) is 0 Å². The average Bonchev–Trinajstić information content (AvgIpc) is 2.79. The van der Waals surface area contributed by atoms with Crippen LogP contribution in [0, 0.1) is 0 Å². The van der Waals surface area contributed by atoms with Gasteiger partial charge in [0, 0.05) is 18.7 Å². The highest BCUT2D eigenvalue weighted by atomic mass is 16.5. The summed E-state index contributed by atoms with van der Waals surface area (Å²) < 4.78 is 5.60. The fourth-order valence-electron chi connectivity index (χ4n) is 1.95. The summed E-state index contributed by atoms with van der Waals surface area (Å²) in [5, 5.41) is 12.4. The predicted molar refractivity (Wildman–Crippen MR) is 65.6 cm³/mol. The van der Waals surface area contributed by atoms with E-state index in [1.165, 1.54) is 12.8 Å². The van der Waals surface area contributed by atoms with Crippen molar-refractivity contribution in [1.82, 2.24) is 10.2 Å². The highest BCUT2D eigenvalue weighted by Gasteiger charge is 2.22. The zero-order valence-electron chi connectivity index (χ0n) is 10.8. The molecule has 0 aliphatic carbocycles. The molecule has 1 aliphatic heterocycles. The third-order valence-electron chi connectivity index (χ3n) is 3.54. The Labute approximate surface area is 99.0 Å². The highest BCUT2D eigenvalue weighted by Crippen LogP contribution is 2.14. The number of aliphatic hydroxyl groups excluding tert-OH is 1. The SMILES string of the molecule is CNC(C)(CO)CCN(C)CC1CCCO1. The summed E-state index contributed by atoms with van der Waals surface area (Å²) in [5.41, 5.74) is -0.162. The fourth-order valence-corrected chi connectivity index (χ4v) is 1.95. The predicted octanol–water partition coefficient (Wildman–Crippen LogP) is 0.458. The van der Waals surface area contributed by atoms with E-state index in [4.69, 9.17) is 4.74 Å². The van der Waals surface area contributed by atoms with Gasteiger partial charge in [-0.1, -0.05) is 0 Å². The highest BCUT2D eigenvalue weighted by molar-refractivity contribution is 4.82. The van der Waals surface area contributed by atoms with Crippen LogP contribution < -0.4 is 5.32 Å². The van der Waals surface area contributed by atoms with Gasteiger partial charge >= 0.3 is 0 Å². The van der Waals surface area contributed by atoms with Crippen LogP contribution in [0.5, 0.6) is 0 Å². The molecule has 1 fully saturated rings. The molecule has 1 saturated heterocycles. The smallest absolute Gasteiger partial charge is 0.0702 e. The van der Waals surface area contributed by atoms with Gasteiger partial charge in [0.15, 0.2) is 0 Å². The Hall–Kier alpha value is -0.160. The molecule has 0 bridgehead atoms. The van der Waals surface area contributed by atoms with E-state index >= 15 is 0 Å². The maximum atomic E-state index is 9.28. The van der Waals surface area contributed by atoms with Crippen molar-refractivity contribution in [2.45, 2.75) is 37.8 Å². The van der Waals surface area contributed by atoms with Gasteiger partial charge in [0.05, 0.1) is 12.7 Å². The first-order valence-corrected chi connectivity index (χ1v) is 6.19. The molecular weight excluding hydrogens is 204 g/mol. The number of nitrogens with one attached hydrogen (secondary N) is 1. The van der Waals surface area contributed by atoms with Gasteiger partial charge in [-0.25, -0.2) is 0 Å². The summed E-state index contributed by atoms with van der Waals surface area (Å²) in [5.74, 6) is 0. The molecule has 0 amide bonds. The van der Waals surface area contributed by atoms with Crippen molar-refractivity contribution in [3.8, 4) is 0 Å². The van der Waals surface area contributed by atoms with Gasteiger partial charge < -0.3 is 20.1 Å². The Morgan fingerprint density at radius 3 is 2.81 bits per heavy atom. The van der Waals surface area contributed by atoms with Crippen LogP contribution in [0.2, 0.25) is 0 Å². The normalized spacial score (nSPS) is 24.9. The number of likely N-dealkylation sites (N-methyl/N-ethyl adjacent to an activating group) is 2. The van der Waals surface area contributed by atoms with Gasteiger partial charge in [-0.3, -0.25) is 0 Å². The second-order valence-electron chi connectivity index (χ2n) is 5.12. The molecule has 1 aliphatic rings. The van der Waals surface area contributed by atoms with E-state index in [0.29, 0.717) is 6.10 Å². The second-order valence-corrected chi connectivity index (χ2v) is 5.12. The van der Waals surface area contributed by atoms with Crippen LogP contribution in [0.4, 0.5) is 0 Å². The molecule has 0 aromatic carbocycles. The lowest BCUT2D eigenvalue weighted by Gasteiger charge is -2.30. The van der Waals surface area contributed by atoms with Crippen molar-refractivity contribution in [3.05, 3.63) is 0 Å². The van der Waals surface area contributed by atoms with Crippen molar-refractivity contribution in [3.63, 3.8) is 0 Å². The summed E-state index contributed by atoms with van der Waals surface area (Å²) in [6, 6.07) is 0. The molecule has 96 valence electrons. The summed E-state index contributed by atoms with van der Waals surface area (Å²) in [6.07, 6.45) is 3.75. The lowest BCUT2D eigenvalue weighted by Crippen LogP contribution is -2.46. The van der Waals surface area contributed by atoms with Crippen LogP contribution in [0.25, 0.3) is 0 Å². The summed E-state index contributed by atoms with van der Waals surface area (Å²) in [7, 11) is 4.02. The van der Waals surface area contributed by atoms with E-state index in [-0.39, 0.29) is 12.1 Å². The first-order chi connectivity index (χ1) is 7.59. The second kappa shape index (κ2) is 6.55. The molecule has 1 rings (SSSR count). The van der Waals surface area contributed by atoms with E-state index in [0.717, 1.165) is 26.1 Å². The van der Waals surface area contributed by atoms with E-state index in [1.54, 1.807) is 0 Å². The molecule has 2 atom stereocenters. The zero-order chi connectivity index (χ0) is 12.0. The first kappa shape index (κ1) is 13.9. The van der Waals surface area contributed by atoms with Crippen molar-refractivity contribution in [1.29, 1.82) is 0 Å². The van der Waals surface area contributed by atoms with Gasteiger partial charge in [0.25, 0.3) is 0 Å².